The summed E-state index contributed by atoms with van der Waals surface area (Å²) in [6.45, 7) is 0.829. The number of amides is 1. The van der Waals surface area contributed by atoms with E-state index in [0.717, 1.165) is 12.1 Å². The SMILES string of the molecule is Cc1cccc([N+](=O)[O-])c1NC(=O)COC(=O)c1cc(F)c(Cl)cc1Cl. The minimum Gasteiger partial charge on any atom is -0.452 e. The van der Waals surface area contributed by atoms with Crippen molar-refractivity contribution in [3.8, 4) is 0 Å². The van der Waals surface area contributed by atoms with Gasteiger partial charge in [0, 0.05) is 6.07 Å². The molecule has 2 aromatic carbocycles. The van der Waals surface area contributed by atoms with Gasteiger partial charge in [0.25, 0.3) is 11.6 Å². The number of hydrogen-bond donors (Lipinski definition) is 1. The van der Waals surface area contributed by atoms with Gasteiger partial charge in [-0.15, -0.1) is 0 Å². The molecule has 0 radical (unpaired) electrons. The molecule has 0 heterocycles. The van der Waals surface area contributed by atoms with Gasteiger partial charge in [-0.3, -0.25) is 14.9 Å². The highest BCUT2D eigenvalue weighted by molar-refractivity contribution is 6.36. The van der Waals surface area contributed by atoms with Crippen LogP contribution in [-0.4, -0.2) is 23.4 Å². The number of anilines is 1. The number of para-hydroxylation sites is 1. The average Bonchev–Trinajstić information content (AvgIpc) is 2.57. The molecule has 0 atom stereocenters. The second-order valence-electron chi connectivity index (χ2n) is 5.10. The molecule has 0 spiro atoms. The van der Waals surface area contributed by atoms with Gasteiger partial charge in [-0.25, -0.2) is 9.18 Å². The lowest BCUT2D eigenvalue weighted by atomic mass is 10.1. The average molecular weight is 401 g/mol. The van der Waals surface area contributed by atoms with Crippen molar-refractivity contribution in [2.75, 3.05) is 11.9 Å². The van der Waals surface area contributed by atoms with Crippen molar-refractivity contribution < 1.29 is 23.6 Å². The number of aryl methyl sites for hydroxylation is 1. The Labute approximate surface area is 156 Å². The summed E-state index contributed by atoms with van der Waals surface area (Å²) in [6.07, 6.45) is 0. The fourth-order valence-electron chi connectivity index (χ4n) is 2.03. The lowest BCUT2D eigenvalue weighted by Crippen LogP contribution is -2.22. The van der Waals surface area contributed by atoms with Crippen LogP contribution in [-0.2, 0) is 9.53 Å². The number of ether oxygens (including phenoxy) is 1. The number of esters is 1. The Bertz CT molecular complexity index is 904. The number of halogens is 3. The van der Waals surface area contributed by atoms with Crippen LogP contribution in [0.4, 0.5) is 15.8 Å². The maximum Gasteiger partial charge on any atom is 0.340 e. The van der Waals surface area contributed by atoms with Gasteiger partial charge >= 0.3 is 5.97 Å². The number of nitrogens with zero attached hydrogens (tertiary/aromatic N) is 1. The molecule has 2 rings (SSSR count). The maximum absolute atomic E-state index is 13.4. The third kappa shape index (κ3) is 4.47. The van der Waals surface area contributed by atoms with E-state index in [1.54, 1.807) is 13.0 Å². The van der Waals surface area contributed by atoms with Gasteiger partial charge in [-0.2, -0.15) is 0 Å². The molecular weight excluding hydrogens is 390 g/mol. The Hall–Kier alpha value is -2.71. The van der Waals surface area contributed by atoms with E-state index >= 15 is 0 Å². The summed E-state index contributed by atoms with van der Waals surface area (Å²) in [5.74, 6) is -2.72. The first-order chi connectivity index (χ1) is 12.2. The van der Waals surface area contributed by atoms with E-state index in [-0.39, 0.29) is 27.0 Å². The monoisotopic (exact) mass is 400 g/mol. The Kier molecular flexibility index (Phi) is 6.12. The molecule has 0 saturated carbocycles. The van der Waals surface area contributed by atoms with Crippen LogP contribution < -0.4 is 5.32 Å². The maximum atomic E-state index is 13.4. The van der Waals surface area contributed by atoms with E-state index < -0.39 is 29.2 Å². The third-order valence-electron chi connectivity index (χ3n) is 3.28. The normalized spacial score (nSPS) is 10.3. The summed E-state index contributed by atoms with van der Waals surface area (Å²) in [7, 11) is 0. The van der Waals surface area contributed by atoms with Gasteiger partial charge in [0.1, 0.15) is 11.5 Å². The van der Waals surface area contributed by atoms with Gasteiger partial charge < -0.3 is 10.1 Å². The van der Waals surface area contributed by atoms with E-state index in [1.807, 2.05) is 0 Å². The lowest BCUT2D eigenvalue weighted by molar-refractivity contribution is -0.384. The van der Waals surface area contributed by atoms with Gasteiger partial charge in [0.05, 0.1) is 20.5 Å². The second-order valence-corrected chi connectivity index (χ2v) is 5.91. The van der Waals surface area contributed by atoms with Gasteiger partial charge in [-0.05, 0) is 24.6 Å². The predicted octanol–water partition coefficient (Wildman–Crippen LogP) is 4.14. The van der Waals surface area contributed by atoms with Crippen molar-refractivity contribution in [2.45, 2.75) is 6.92 Å². The van der Waals surface area contributed by atoms with E-state index in [4.69, 9.17) is 27.9 Å². The molecule has 26 heavy (non-hydrogen) atoms. The fraction of sp³-hybridized carbons (Fsp3) is 0.125. The first-order valence-electron chi connectivity index (χ1n) is 7.06. The van der Waals surface area contributed by atoms with Crippen LogP contribution >= 0.6 is 23.2 Å². The molecule has 2 aromatic rings. The molecule has 136 valence electrons. The number of carbonyl (C=O) groups excluding carboxylic acids is 2. The van der Waals surface area contributed by atoms with E-state index in [9.17, 15) is 24.1 Å². The zero-order valence-electron chi connectivity index (χ0n) is 13.2. The summed E-state index contributed by atoms with van der Waals surface area (Å²) in [6, 6.07) is 6.10. The first-order valence-corrected chi connectivity index (χ1v) is 7.81. The molecule has 0 saturated heterocycles. The van der Waals surface area contributed by atoms with Crippen molar-refractivity contribution >= 4 is 46.5 Å². The fourth-order valence-corrected chi connectivity index (χ4v) is 2.49. The number of nitro groups is 1. The van der Waals surface area contributed by atoms with Gasteiger partial charge in [0.15, 0.2) is 6.61 Å². The molecule has 0 bridgehead atoms. The molecule has 7 nitrogen and oxygen atoms in total. The van der Waals surface area contributed by atoms with Crippen LogP contribution in [0, 0.1) is 22.9 Å². The highest BCUT2D eigenvalue weighted by Gasteiger charge is 2.20. The van der Waals surface area contributed by atoms with Crippen molar-refractivity contribution in [1.82, 2.24) is 0 Å². The van der Waals surface area contributed by atoms with Crippen LogP contribution in [0.3, 0.4) is 0 Å². The van der Waals surface area contributed by atoms with Crippen LogP contribution in [0.2, 0.25) is 10.0 Å². The van der Waals surface area contributed by atoms with E-state index in [2.05, 4.69) is 5.32 Å². The number of carbonyl (C=O) groups is 2. The minimum absolute atomic E-state index is 0.00545. The molecule has 10 heteroatoms. The zero-order valence-corrected chi connectivity index (χ0v) is 14.7. The molecule has 1 amide bonds. The van der Waals surface area contributed by atoms with E-state index in [0.29, 0.717) is 5.56 Å². The number of nitro benzene ring substituents is 1. The number of benzene rings is 2. The quantitative estimate of drug-likeness (QED) is 0.351. The van der Waals surface area contributed by atoms with Crippen LogP contribution in [0.5, 0.6) is 0 Å². The van der Waals surface area contributed by atoms with Gasteiger partial charge in [0.2, 0.25) is 0 Å². The topological polar surface area (TPSA) is 98.5 Å². The summed E-state index contributed by atoms with van der Waals surface area (Å²) in [5, 5.41) is 12.9. The van der Waals surface area contributed by atoms with Crippen LogP contribution in [0.15, 0.2) is 30.3 Å². The largest absolute Gasteiger partial charge is 0.452 e. The summed E-state index contributed by atoms with van der Waals surface area (Å²) >= 11 is 11.3. The van der Waals surface area contributed by atoms with Crippen molar-refractivity contribution in [3.05, 3.63) is 67.4 Å². The summed E-state index contributed by atoms with van der Waals surface area (Å²) in [4.78, 5) is 34.2. The summed E-state index contributed by atoms with van der Waals surface area (Å²) < 4.78 is 18.2. The molecule has 0 aliphatic carbocycles. The standard InChI is InChI=1S/C16H11Cl2FN2O5/c1-8-3-2-4-13(21(24)25)15(8)20-14(22)7-26-16(23)9-5-12(19)11(18)6-10(9)17/h2-6H,7H2,1H3,(H,20,22). The number of rotatable bonds is 5. The Morgan fingerprint density at radius 3 is 2.62 bits per heavy atom. The highest BCUT2D eigenvalue weighted by Crippen LogP contribution is 2.28. The number of nitrogens with one attached hydrogen (secondary N) is 1. The molecule has 0 aliphatic rings. The Morgan fingerprint density at radius 2 is 1.96 bits per heavy atom. The Balaban J connectivity index is 2.07. The minimum atomic E-state index is -1.04. The second kappa shape index (κ2) is 8.11. The smallest absolute Gasteiger partial charge is 0.340 e. The lowest BCUT2D eigenvalue weighted by Gasteiger charge is -2.10. The highest BCUT2D eigenvalue weighted by atomic mass is 35.5. The van der Waals surface area contributed by atoms with Crippen molar-refractivity contribution in [1.29, 1.82) is 0 Å². The molecule has 0 unspecified atom stereocenters. The molecular formula is C16H11Cl2FN2O5. The molecule has 1 N–H and O–H groups in total. The van der Waals surface area contributed by atoms with E-state index in [1.165, 1.54) is 12.1 Å². The van der Waals surface area contributed by atoms with Crippen LogP contribution in [0.25, 0.3) is 0 Å². The van der Waals surface area contributed by atoms with Crippen molar-refractivity contribution in [3.63, 3.8) is 0 Å². The Morgan fingerprint density at radius 1 is 1.27 bits per heavy atom. The number of hydrogen-bond acceptors (Lipinski definition) is 5. The third-order valence-corrected chi connectivity index (χ3v) is 3.88. The predicted molar refractivity (Wildman–Crippen MR) is 93.2 cm³/mol. The molecule has 0 fully saturated rings. The van der Waals surface area contributed by atoms with Crippen LogP contribution in [0.1, 0.15) is 15.9 Å². The zero-order chi connectivity index (χ0) is 19.4. The first kappa shape index (κ1) is 19.6. The molecule has 0 aliphatic heterocycles. The van der Waals surface area contributed by atoms with Crippen molar-refractivity contribution in [2.24, 2.45) is 0 Å². The van der Waals surface area contributed by atoms with Gasteiger partial charge in [-0.1, -0.05) is 35.3 Å². The summed E-state index contributed by atoms with van der Waals surface area (Å²) in [5.41, 5.74) is -0.147. The molecule has 0 aromatic heterocycles.